The Morgan fingerprint density at radius 1 is 1.22 bits per heavy atom. The molecule has 0 bridgehead atoms. The lowest BCUT2D eigenvalue weighted by molar-refractivity contribution is 0.100. The van der Waals surface area contributed by atoms with Gasteiger partial charge >= 0.3 is 6.03 Å². The molecule has 2 amide bonds. The minimum atomic E-state index is -0.372. The SMILES string of the molecule is COC[C@@H]1CN(C(=O)Nc2ccc(F)cc2)[C@H]2c3cc(F)ccc3OC[C@@H]12. The molecule has 2 aliphatic rings. The molecule has 2 heterocycles. The van der Waals surface area contributed by atoms with Gasteiger partial charge in [0.05, 0.1) is 19.3 Å². The van der Waals surface area contributed by atoms with Crippen LogP contribution in [0, 0.1) is 23.5 Å². The lowest BCUT2D eigenvalue weighted by atomic mass is 9.85. The van der Waals surface area contributed by atoms with Gasteiger partial charge in [0.2, 0.25) is 0 Å². The van der Waals surface area contributed by atoms with E-state index in [2.05, 4.69) is 5.32 Å². The van der Waals surface area contributed by atoms with Crippen molar-refractivity contribution in [1.82, 2.24) is 4.90 Å². The zero-order valence-electron chi connectivity index (χ0n) is 14.8. The largest absolute Gasteiger partial charge is 0.493 e. The van der Waals surface area contributed by atoms with Gasteiger partial charge < -0.3 is 19.7 Å². The number of amides is 2. The average Bonchev–Trinajstić information content (AvgIpc) is 3.03. The van der Waals surface area contributed by atoms with Gasteiger partial charge in [-0.05, 0) is 42.5 Å². The van der Waals surface area contributed by atoms with Crippen LogP contribution in [0.2, 0.25) is 0 Å². The van der Waals surface area contributed by atoms with Crippen molar-refractivity contribution in [2.24, 2.45) is 11.8 Å². The molecule has 142 valence electrons. The van der Waals surface area contributed by atoms with E-state index in [1.54, 1.807) is 18.1 Å². The van der Waals surface area contributed by atoms with Crippen LogP contribution < -0.4 is 10.1 Å². The molecule has 0 saturated carbocycles. The molecule has 0 unspecified atom stereocenters. The van der Waals surface area contributed by atoms with Gasteiger partial charge in [0.15, 0.2) is 0 Å². The van der Waals surface area contributed by atoms with Crippen LogP contribution in [0.3, 0.4) is 0 Å². The summed E-state index contributed by atoms with van der Waals surface area (Å²) in [6.07, 6.45) is 0. The number of carbonyl (C=O) groups is 1. The minimum absolute atomic E-state index is 0.0122. The lowest BCUT2D eigenvalue weighted by Gasteiger charge is -2.34. The number of benzene rings is 2. The second-order valence-electron chi connectivity index (χ2n) is 6.91. The Kier molecular flexibility index (Phi) is 4.70. The summed E-state index contributed by atoms with van der Waals surface area (Å²) in [5.41, 5.74) is 1.17. The zero-order valence-corrected chi connectivity index (χ0v) is 14.8. The molecule has 0 aliphatic carbocycles. The number of likely N-dealkylation sites (tertiary alicyclic amines) is 1. The van der Waals surface area contributed by atoms with Crippen molar-refractivity contribution in [2.75, 3.05) is 32.2 Å². The third kappa shape index (κ3) is 3.35. The van der Waals surface area contributed by atoms with E-state index in [9.17, 15) is 13.6 Å². The summed E-state index contributed by atoms with van der Waals surface area (Å²) < 4.78 is 38.1. The third-order valence-corrected chi connectivity index (χ3v) is 5.24. The number of nitrogens with zero attached hydrogens (tertiary/aromatic N) is 1. The highest BCUT2D eigenvalue weighted by atomic mass is 19.1. The summed E-state index contributed by atoms with van der Waals surface area (Å²) in [7, 11) is 1.62. The highest BCUT2D eigenvalue weighted by Crippen LogP contribution is 2.47. The van der Waals surface area contributed by atoms with Crippen LogP contribution in [0.5, 0.6) is 5.75 Å². The van der Waals surface area contributed by atoms with Gasteiger partial charge in [-0.3, -0.25) is 0 Å². The van der Waals surface area contributed by atoms with E-state index in [1.165, 1.54) is 36.4 Å². The van der Waals surface area contributed by atoms with Gasteiger partial charge in [-0.2, -0.15) is 0 Å². The van der Waals surface area contributed by atoms with Crippen LogP contribution in [0.4, 0.5) is 19.3 Å². The number of methoxy groups -OCH3 is 1. The highest BCUT2D eigenvalue weighted by molar-refractivity contribution is 5.90. The summed E-state index contributed by atoms with van der Waals surface area (Å²) in [6.45, 7) is 1.39. The Bertz CT molecular complexity index is 844. The van der Waals surface area contributed by atoms with E-state index in [-0.39, 0.29) is 35.5 Å². The normalized spacial score (nSPS) is 23.4. The molecule has 5 nitrogen and oxygen atoms in total. The van der Waals surface area contributed by atoms with Crippen molar-refractivity contribution < 1.29 is 23.0 Å². The first-order valence-corrected chi connectivity index (χ1v) is 8.81. The Morgan fingerprint density at radius 3 is 2.70 bits per heavy atom. The number of hydrogen-bond donors (Lipinski definition) is 1. The summed E-state index contributed by atoms with van der Waals surface area (Å²) in [5.74, 6) is -0.0563. The molecule has 1 fully saturated rings. The number of rotatable bonds is 3. The molecule has 2 aliphatic heterocycles. The first kappa shape index (κ1) is 17.7. The molecule has 2 aromatic rings. The van der Waals surface area contributed by atoms with Gasteiger partial charge in [-0.25, -0.2) is 13.6 Å². The van der Waals surface area contributed by atoms with Gasteiger partial charge in [0, 0.05) is 36.7 Å². The maximum atomic E-state index is 13.9. The van der Waals surface area contributed by atoms with Crippen LogP contribution >= 0.6 is 0 Å². The molecule has 0 spiro atoms. The van der Waals surface area contributed by atoms with Crippen molar-refractivity contribution >= 4 is 11.7 Å². The Balaban J connectivity index is 1.64. The van der Waals surface area contributed by atoms with Crippen LogP contribution in [0.25, 0.3) is 0 Å². The number of urea groups is 1. The molecule has 0 radical (unpaired) electrons. The maximum absolute atomic E-state index is 13.9. The topological polar surface area (TPSA) is 50.8 Å². The van der Waals surface area contributed by atoms with E-state index in [1.807, 2.05) is 0 Å². The second-order valence-corrected chi connectivity index (χ2v) is 6.91. The number of hydrogen-bond acceptors (Lipinski definition) is 3. The monoisotopic (exact) mass is 374 g/mol. The molecule has 2 aromatic carbocycles. The molecule has 0 aromatic heterocycles. The van der Waals surface area contributed by atoms with Gasteiger partial charge in [0.1, 0.15) is 17.4 Å². The Hall–Kier alpha value is -2.67. The van der Waals surface area contributed by atoms with Crippen molar-refractivity contribution in [3.63, 3.8) is 0 Å². The Labute approximate surface area is 155 Å². The fourth-order valence-electron chi connectivity index (χ4n) is 4.01. The minimum Gasteiger partial charge on any atom is -0.493 e. The number of carbonyl (C=O) groups excluding carboxylic acids is 1. The maximum Gasteiger partial charge on any atom is 0.322 e. The average molecular weight is 374 g/mol. The summed E-state index contributed by atoms with van der Waals surface area (Å²) in [4.78, 5) is 14.6. The van der Waals surface area contributed by atoms with Crippen LogP contribution in [-0.4, -0.2) is 37.8 Å². The zero-order chi connectivity index (χ0) is 19.0. The fourth-order valence-corrected chi connectivity index (χ4v) is 4.01. The highest BCUT2D eigenvalue weighted by Gasteiger charge is 2.48. The molecule has 1 N–H and O–H groups in total. The fraction of sp³-hybridized carbons (Fsp3) is 0.350. The van der Waals surface area contributed by atoms with E-state index in [0.29, 0.717) is 36.8 Å². The van der Waals surface area contributed by atoms with Crippen molar-refractivity contribution in [3.05, 3.63) is 59.7 Å². The van der Waals surface area contributed by atoms with Crippen molar-refractivity contribution in [3.8, 4) is 5.75 Å². The van der Waals surface area contributed by atoms with E-state index < -0.39 is 0 Å². The van der Waals surface area contributed by atoms with Crippen molar-refractivity contribution in [2.45, 2.75) is 6.04 Å². The van der Waals surface area contributed by atoms with Crippen LogP contribution in [0.15, 0.2) is 42.5 Å². The first-order chi connectivity index (χ1) is 13.1. The smallest absolute Gasteiger partial charge is 0.322 e. The molecule has 3 atom stereocenters. The predicted octanol–water partition coefficient (Wildman–Crippen LogP) is 3.82. The second kappa shape index (κ2) is 7.15. The standard InChI is InChI=1S/C20H20F2N2O3/c1-26-10-12-9-24(20(25)23-15-5-2-13(21)3-6-15)19-16-8-14(22)4-7-18(16)27-11-17(12)19/h2-8,12,17,19H,9-11H2,1H3,(H,23,25)/t12-,17-,19-/m0/s1. The molecule has 4 rings (SSSR count). The quantitative estimate of drug-likeness (QED) is 0.889. The van der Waals surface area contributed by atoms with Gasteiger partial charge in [-0.1, -0.05) is 0 Å². The van der Waals surface area contributed by atoms with E-state index >= 15 is 0 Å². The molecular formula is C20H20F2N2O3. The number of nitrogens with one attached hydrogen (secondary N) is 1. The van der Waals surface area contributed by atoms with Crippen LogP contribution in [0.1, 0.15) is 11.6 Å². The van der Waals surface area contributed by atoms with Gasteiger partial charge in [-0.15, -0.1) is 0 Å². The Morgan fingerprint density at radius 2 is 1.96 bits per heavy atom. The lowest BCUT2D eigenvalue weighted by Crippen LogP contribution is -2.38. The third-order valence-electron chi connectivity index (χ3n) is 5.24. The molecular weight excluding hydrogens is 354 g/mol. The molecule has 1 saturated heterocycles. The van der Waals surface area contributed by atoms with Gasteiger partial charge in [0.25, 0.3) is 0 Å². The van der Waals surface area contributed by atoms with E-state index in [4.69, 9.17) is 9.47 Å². The van der Waals surface area contributed by atoms with Crippen LogP contribution in [-0.2, 0) is 4.74 Å². The molecule has 7 heteroatoms. The summed E-state index contributed by atoms with van der Waals surface area (Å²) in [6, 6.07) is 9.35. The number of halogens is 2. The number of ether oxygens (including phenoxy) is 2. The number of anilines is 1. The summed E-state index contributed by atoms with van der Waals surface area (Å²) >= 11 is 0. The molecule has 27 heavy (non-hydrogen) atoms. The first-order valence-electron chi connectivity index (χ1n) is 8.81. The van der Waals surface area contributed by atoms with E-state index in [0.717, 1.165) is 0 Å². The number of fused-ring (bicyclic) bond motifs is 3. The predicted molar refractivity (Wildman–Crippen MR) is 95.6 cm³/mol. The van der Waals surface area contributed by atoms with Crippen molar-refractivity contribution in [1.29, 1.82) is 0 Å². The summed E-state index contributed by atoms with van der Waals surface area (Å²) in [5, 5.41) is 2.80.